The molecule has 9 N–H and O–H groups in total. The van der Waals surface area contributed by atoms with Gasteiger partial charge in [0.1, 0.15) is 24.6 Å². The van der Waals surface area contributed by atoms with E-state index in [2.05, 4.69) is 31.3 Å². The van der Waals surface area contributed by atoms with Crippen LogP contribution in [0.15, 0.2) is 18.0 Å². The molecule has 53 heavy (non-hydrogen) atoms. The van der Waals surface area contributed by atoms with Crippen molar-refractivity contribution in [3.63, 3.8) is 0 Å². The molecule has 21 heteroatoms. The molecule has 0 saturated carbocycles. The third kappa shape index (κ3) is 9.54. The molecule has 0 radical (unpaired) electrons. The zero-order chi connectivity index (χ0) is 39.2. The van der Waals surface area contributed by atoms with Crippen molar-refractivity contribution >= 4 is 29.7 Å². The van der Waals surface area contributed by atoms with Gasteiger partial charge in [-0.05, 0) is 32.3 Å². The Morgan fingerprint density at radius 2 is 1.68 bits per heavy atom. The summed E-state index contributed by atoms with van der Waals surface area (Å²) in [5, 5.41) is 66.4. The van der Waals surface area contributed by atoms with Crippen molar-refractivity contribution in [3.05, 3.63) is 23.8 Å². The monoisotopic (exact) mass is 755 g/mol. The van der Waals surface area contributed by atoms with Crippen LogP contribution in [0, 0.1) is 0 Å². The quantitative estimate of drug-likeness (QED) is 0.0803. The molecule has 1 aliphatic carbocycles. The second kappa shape index (κ2) is 17.8. The van der Waals surface area contributed by atoms with Crippen LogP contribution in [-0.2, 0) is 38.1 Å². The van der Waals surface area contributed by atoms with Gasteiger partial charge in [0, 0.05) is 31.9 Å². The standard InChI is InChI=1S/C32H49N7O14/c1-6-17(7-2)51-20-10-16(30(47)50-8-3)9-18(22(20)34-14(4)41)37-32(31(48)49)11-19(43)23(35-15(5)42)28(53-32)36-27(46)26-33-13-39(38-26)29-25(45)24(44)21(12-40)52-29/h10,13,17-25,28-29,37,40,43-45H,6-9,11-12H2,1-5H3,(H,34,41)(H,35,42)(H,36,46)(H,48,49)/t18?,19?,20?,21-,22?,23?,24-,25-,28?,29-,32?/m1/s1. The van der Waals surface area contributed by atoms with E-state index in [4.69, 9.17) is 18.9 Å². The van der Waals surface area contributed by atoms with Crippen LogP contribution < -0.4 is 21.3 Å². The van der Waals surface area contributed by atoms with E-state index >= 15 is 0 Å². The first-order chi connectivity index (χ1) is 25.1. The number of hydrogen-bond donors (Lipinski definition) is 9. The van der Waals surface area contributed by atoms with Crippen molar-refractivity contribution in [2.24, 2.45) is 0 Å². The predicted octanol–water partition coefficient (Wildman–Crippen LogP) is -3.06. The number of nitrogens with zero attached hydrogens (tertiary/aromatic N) is 3. The fourth-order valence-corrected chi connectivity index (χ4v) is 6.60. The average Bonchev–Trinajstić information content (AvgIpc) is 3.70. The minimum absolute atomic E-state index is 0.0498. The van der Waals surface area contributed by atoms with Crippen molar-refractivity contribution in [2.75, 3.05) is 13.2 Å². The zero-order valence-electron chi connectivity index (χ0n) is 30.0. The van der Waals surface area contributed by atoms with E-state index in [0.717, 1.165) is 17.9 Å². The van der Waals surface area contributed by atoms with Crippen LogP contribution in [0.4, 0.5) is 0 Å². The van der Waals surface area contributed by atoms with E-state index in [1.807, 2.05) is 13.8 Å². The summed E-state index contributed by atoms with van der Waals surface area (Å²) in [5.74, 6) is -5.07. The number of rotatable bonds is 15. The number of hydrogen-bond acceptors (Lipinski definition) is 16. The van der Waals surface area contributed by atoms with E-state index in [9.17, 15) is 49.5 Å². The van der Waals surface area contributed by atoms with E-state index < -0.39 is 115 Å². The number of ether oxygens (including phenoxy) is 4. The number of amides is 3. The molecule has 3 heterocycles. The van der Waals surface area contributed by atoms with E-state index in [0.29, 0.717) is 12.8 Å². The number of esters is 1. The summed E-state index contributed by atoms with van der Waals surface area (Å²) in [6.45, 7) is 7.25. The first-order valence-electron chi connectivity index (χ1n) is 17.4. The molecule has 296 valence electrons. The molecular weight excluding hydrogens is 706 g/mol. The Kier molecular flexibility index (Phi) is 14.0. The van der Waals surface area contributed by atoms with Gasteiger partial charge in [-0.3, -0.25) is 19.7 Å². The Balaban J connectivity index is 1.67. The summed E-state index contributed by atoms with van der Waals surface area (Å²) in [6, 6.07) is -3.45. The van der Waals surface area contributed by atoms with Crippen molar-refractivity contribution < 1.29 is 68.5 Å². The third-order valence-corrected chi connectivity index (χ3v) is 9.22. The summed E-state index contributed by atoms with van der Waals surface area (Å²) in [6.07, 6.45) is -7.22. The molecule has 3 amide bonds. The van der Waals surface area contributed by atoms with Crippen molar-refractivity contribution in [3.8, 4) is 0 Å². The van der Waals surface area contributed by atoms with Gasteiger partial charge in [0.25, 0.3) is 5.91 Å². The Morgan fingerprint density at radius 3 is 2.25 bits per heavy atom. The van der Waals surface area contributed by atoms with Crippen molar-refractivity contribution in [1.82, 2.24) is 36.0 Å². The molecule has 2 aliphatic heterocycles. The van der Waals surface area contributed by atoms with E-state index in [-0.39, 0.29) is 24.7 Å². The van der Waals surface area contributed by atoms with Gasteiger partial charge in [-0.2, -0.15) is 0 Å². The van der Waals surface area contributed by atoms with Crippen LogP contribution in [0.2, 0.25) is 0 Å². The number of aliphatic hydroxyl groups is 4. The Hall–Kier alpha value is -4.09. The lowest BCUT2D eigenvalue weighted by atomic mass is 9.85. The summed E-state index contributed by atoms with van der Waals surface area (Å²) in [7, 11) is 0. The molecule has 4 rings (SSSR count). The third-order valence-electron chi connectivity index (χ3n) is 9.22. The van der Waals surface area contributed by atoms with Gasteiger partial charge >= 0.3 is 11.9 Å². The van der Waals surface area contributed by atoms with E-state index in [1.54, 1.807) is 6.92 Å². The largest absolute Gasteiger partial charge is 0.478 e. The van der Waals surface area contributed by atoms with Crippen LogP contribution in [0.1, 0.15) is 77.1 Å². The first kappa shape index (κ1) is 41.7. The maximum atomic E-state index is 13.5. The second-order valence-electron chi connectivity index (χ2n) is 13.1. The maximum absolute atomic E-state index is 13.5. The SMILES string of the molecule is CCOC(=O)C1=CC(OC(CC)CC)C(NC(C)=O)C(NC2(C(=O)O)CC(O)C(NC(C)=O)C(NC(=O)c3ncn([C@@H]4O[C@H](CO)[C@@H](O)[C@H]4O)n3)O2)C1. The minimum Gasteiger partial charge on any atom is -0.478 e. The van der Waals surface area contributed by atoms with Crippen LogP contribution >= 0.6 is 0 Å². The van der Waals surface area contributed by atoms with Crippen LogP contribution in [-0.4, -0.2) is 150 Å². The number of carbonyl (C=O) groups is 5. The molecule has 2 fully saturated rings. The van der Waals surface area contributed by atoms with Gasteiger partial charge in [0.15, 0.2) is 12.5 Å². The van der Waals surface area contributed by atoms with Gasteiger partial charge < -0.3 is 60.4 Å². The number of nitrogens with one attached hydrogen (secondary N) is 4. The molecule has 11 atom stereocenters. The zero-order valence-corrected chi connectivity index (χ0v) is 30.0. The highest BCUT2D eigenvalue weighted by molar-refractivity contribution is 5.91. The lowest BCUT2D eigenvalue weighted by Crippen LogP contribution is -2.74. The van der Waals surface area contributed by atoms with Gasteiger partial charge in [-0.15, -0.1) is 5.10 Å². The summed E-state index contributed by atoms with van der Waals surface area (Å²) >= 11 is 0. The number of carboxylic acid groups (broad SMARTS) is 1. The summed E-state index contributed by atoms with van der Waals surface area (Å²) in [4.78, 5) is 68.2. The number of aromatic nitrogens is 3. The van der Waals surface area contributed by atoms with Gasteiger partial charge in [0.2, 0.25) is 23.4 Å². The first-order valence-corrected chi connectivity index (χ1v) is 17.4. The number of aliphatic carboxylic acids is 1. The van der Waals surface area contributed by atoms with Crippen molar-refractivity contribution in [2.45, 2.75) is 133 Å². The second-order valence-corrected chi connectivity index (χ2v) is 13.1. The van der Waals surface area contributed by atoms with Crippen LogP contribution in [0.5, 0.6) is 0 Å². The summed E-state index contributed by atoms with van der Waals surface area (Å²) in [5.41, 5.74) is -2.37. The average molecular weight is 756 g/mol. The van der Waals surface area contributed by atoms with Gasteiger partial charge in [-0.25, -0.2) is 19.3 Å². The molecule has 3 aliphatic rings. The Morgan fingerprint density at radius 1 is 1.02 bits per heavy atom. The van der Waals surface area contributed by atoms with Crippen LogP contribution in [0.25, 0.3) is 0 Å². The summed E-state index contributed by atoms with van der Waals surface area (Å²) < 4.78 is 23.9. The molecule has 21 nitrogen and oxygen atoms in total. The molecule has 0 aromatic carbocycles. The molecule has 7 unspecified atom stereocenters. The molecule has 2 saturated heterocycles. The smallest absolute Gasteiger partial charge is 0.351 e. The highest BCUT2D eigenvalue weighted by Crippen LogP contribution is 2.33. The Bertz CT molecular complexity index is 1520. The maximum Gasteiger partial charge on any atom is 0.351 e. The Labute approximate surface area is 304 Å². The van der Waals surface area contributed by atoms with Gasteiger partial charge in [-0.1, -0.05) is 13.8 Å². The minimum atomic E-state index is -2.51. The fraction of sp³-hybridized carbons (Fsp3) is 0.719. The highest BCUT2D eigenvalue weighted by atomic mass is 16.6. The fourth-order valence-electron chi connectivity index (χ4n) is 6.60. The molecule has 0 spiro atoms. The normalized spacial score (nSPS) is 32.8. The highest BCUT2D eigenvalue weighted by Gasteiger charge is 2.55. The molecular formula is C32H49N7O14. The number of aliphatic hydroxyl groups excluding tert-OH is 4. The number of carboxylic acids is 1. The van der Waals surface area contributed by atoms with E-state index in [1.165, 1.54) is 13.0 Å². The van der Waals surface area contributed by atoms with Crippen molar-refractivity contribution in [1.29, 1.82) is 0 Å². The number of carbonyl (C=O) groups excluding carboxylic acids is 4. The lowest BCUT2D eigenvalue weighted by Gasteiger charge is -2.48. The van der Waals surface area contributed by atoms with Crippen LogP contribution in [0.3, 0.4) is 0 Å². The lowest BCUT2D eigenvalue weighted by molar-refractivity contribution is -0.219. The predicted molar refractivity (Wildman–Crippen MR) is 177 cm³/mol. The molecule has 1 aromatic rings. The molecule has 1 aromatic heterocycles. The topological polar surface area (TPSA) is 302 Å². The molecule has 0 bridgehead atoms. The van der Waals surface area contributed by atoms with Gasteiger partial charge in [0.05, 0.1) is 43.6 Å².